The molecule has 1 aliphatic carbocycles. The highest BCUT2D eigenvalue weighted by Crippen LogP contribution is 2.31. The van der Waals surface area contributed by atoms with Gasteiger partial charge in [-0.05, 0) is 43.5 Å². The molecule has 9 heteroatoms. The van der Waals surface area contributed by atoms with Crippen molar-refractivity contribution in [3.63, 3.8) is 0 Å². The summed E-state index contributed by atoms with van der Waals surface area (Å²) < 4.78 is 34.5. The molecular weight excluding hydrogens is 416 g/mol. The predicted octanol–water partition coefficient (Wildman–Crippen LogP) is 3.67. The predicted molar refractivity (Wildman–Crippen MR) is 112 cm³/mol. The van der Waals surface area contributed by atoms with Crippen LogP contribution in [0.2, 0.25) is 0 Å². The normalized spacial score (nSPS) is 15.4. The number of benzene rings is 2. The van der Waals surface area contributed by atoms with Crippen LogP contribution in [-0.2, 0) is 11.2 Å². The van der Waals surface area contributed by atoms with Crippen molar-refractivity contribution in [1.29, 1.82) is 0 Å². The van der Waals surface area contributed by atoms with Gasteiger partial charge >= 0.3 is 0 Å². The Morgan fingerprint density at radius 3 is 2.81 bits per heavy atom. The SMILES string of the molecule is O=C(COc1ncnc2ccccc12)NC1CCCc2c1cnn2-c1cc(F)cc(F)c1. The van der Waals surface area contributed by atoms with E-state index in [-0.39, 0.29) is 18.6 Å². The molecule has 1 atom stereocenters. The first-order valence-electron chi connectivity index (χ1n) is 10.2. The highest BCUT2D eigenvalue weighted by molar-refractivity contribution is 5.84. The Kier molecular flexibility index (Phi) is 5.22. The van der Waals surface area contributed by atoms with Crippen molar-refractivity contribution in [2.75, 3.05) is 6.61 Å². The number of nitrogens with zero attached hydrogens (tertiary/aromatic N) is 4. The van der Waals surface area contributed by atoms with E-state index >= 15 is 0 Å². The molecule has 0 spiro atoms. The zero-order valence-corrected chi connectivity index (χ0v) is 17.0. The molecule has 0 saturated carbocycles. The van der Waals surface area contributed by atoms with Crippen LogP contribution in [0.15, 0.2) is 55.0 Å². The number of aromatic nitrogens is 4. The quantitative estimate of drug-likeness (QED) is 0.517. The lowest BCUT2D eigenvalue weighted by Crippen LogP contribution is -2.34. The monoisotopic (exact) mass is 435 g/mol. The minimum atomic E-state index is -0.667. The zero-order chi connectivity index (χ0) is 22.1. The summed E-state index contributed by atoms with van der Waals surface area (Å²) in [5, 5.41) is 8.02. The second-order valence-corrected chi connectivity index (χ2v) is 7.58. The van der Waals surface area contributed by atoms with Gasteiger partial charge in [0.15, 0.2) is 6.61 Å². The van der Waals surface area contributed by atoms with Crippen LogP contribution < -0.4 is 10.1 Å². The van der Waals surface area contributed by atoms with E-state index in [1.54, 1.807) is 6.20 Å². The van der Waals surface area contributed by atoms with E-state index in [9.17, 15) is 13.6 Å². The lowest BCUT2D eigenvalue weighted by molar-refractivity contribution is -0.124. The summed E-state index contributed by atoms with van der Waals surface area (Å²) in [6, 6.07) is 10.4. The van der Waals surface area contributed by atoms with E-state index in [1.807, 2.05) is 24.3 Å². The summed E-state index contributed by atoms with van der Waals surface area (Å²) in [4.78, 5) is 20.9. The fourth-order valence-corrected chi connectivity index (χ4v) is 4.06. The zero-order valence-electron chi connectivity index (χ0n) is 17.0. The van der Waals surface area contributed by atoms with Crippen LogP contribution in [0.5, 0.6) is 5.88 Å². The van der Waals surface area contributed by atoms with Crippen molar-refractivity contribution in [2.45, 2.75) is 25.3 Å². The molecule has 2 aromatic heterocycles. The number of amides is 1. The van der Waals surface area contributed by atoms with Crippen LogP contribution in [0.25, 0.3) is 16.6 Å². The number of ether oxygens (including phenoxy) is 1. The third kappa shape index (κ3) is 3.89. The first kappa shape index (κ1) is 20.0. The molecular formula is C23H19F2N5O2. The van der Waals surface area contributed by atoms with Gasteiger partial charge in [0.1, 0.15) is 18.0 Å². The molecule has 0 saturated heterocycles. The molecule has 1 N–H and O–H groups in total. The fourth-order valence-electron chi connectivity index (χ4n) is 4.06. The molecule has 0 radical (unpaired) electrons. The molecule has 7 nitrogen and oxygen atoms in total. The maximum atomic E-state index is 13.7. The molecule has 5 rings (SSSR count). The fraction of sp³-hybridized carbons (Fsp3) is 0.217. The van der Waals surface area contributed by atoms with Gasteiger partial charge in [-0.2, -0.15) is 5.10 Å². The van der Waals surface area contributed by atoms with Crippen molar-refractivity contribution in [1.82, 2.24) is 25.1 Å². The number of halogens is 2. The van der Waals surface area contributed by atoms with Gasteiger partial charge in [0.25, 0.3) is 5.91 Å². The molecule has 0 aliphatic heterocycles. The van der Waals surface area contributed by atoms with Crippen LogP contribution in [0.1, 0.15) is 30.1 Å². The lowest BCUT2D eigenvalue weighted by atomic mass is 9.93. The van der Waals surface area contributed by atoms with Crippen molar-refractivity contribution in [3.05, 3.63) is 77.9 Å². The van der Waals surface area contributed by atoms with Gasteiger partial charge in [-0.1, -0.05) is 12.1 Å². The molecule has 0 bridgehead atoms. The Balaban J connectivity index is 1.31. The Morgan fingerprint density at radius 2 is 1.97 bits per heavy atom. The van der Waals surface area contributed by atoms with E-state index in [2.05, 4.69) is 20.4 Å². The second-order valence-electron chi connectivity index (χ2n) is 7.58. The van der Waals surface area contributed by atoms with Crippen LogP contribution in [0.4, 0.5) is 8.78 Å². The highest BCUT2D eigenvalue weighted by atomic mass is 19.1. The Hall–Kier alpha value is -3.88. The van der Waals surface area contributed by atoms with Gasteiger partial charge in [-0.3, -0.25) is 4.79 Å². The average molecular weight is 435 g/mol. The van der Waals surface area contributed by atoms with Crippen LogP contribution in [-0.4, -0.2) is 32.3 Å². The van der Waals surface area contributed by atoms with Gasteiger partial charge in [0.2, 0.25) is 5.88 Å². The van der Waals surface area contributed by atoms with Gasteiger partial charge in [0.05, 0.1) is 28.8 Å². The van der Waals surface area contributed by atoms with E-state index in [4.69, 9.17) is 4.74 Å². The smallest absolute Gasteiger partial charge is 0.258 e. The number of hydrogen-bond donors (Lipinski definition) is 1. The molecule has 2 heterocycles. The average Bonchev–Trinajstić information content (AvgIpc) is 3.22. The van der Waals surface area contributed by atoms with Gasteiger partial charge in [-0.25, -0.2) is 23.4 Å². The summed E-state index contributed by atoms with van der Waals surface area (Å²) in [7, 11) is 0. The number of carbonyl (C=O) groups excluding carboxylic acids is 1. The Labute approximate surface area is 182 Å². The first-order valence-corrected chi connectivity index (χ1v) is 10.2. The summed E-state index contributed by atoms with van der Waals surface area (Å²) in [5.41, 5.74) is 2.71. The third-order valence-electron chi connectivity index (χ3n) is 5.46. The number of nitrogens with one attached hydrogen (secondary N) is 1. The second kappa shape index (κ2) is 8.33. The van der Waals surface area contributed by atoms with Crippen molar-refractivity contribution in [2.24, 2.45) is 0 Å². The topological polar surface area (TPSA) is 81.9 Å². The van der Waals surface area contributed by atoms with Crippen LogP contribution in [0.3, 0.4) is 0 Å². The molecule has 1 unspecified atom stereocenters. The number of hydrogen-bond acceptors (Lipinski definition) is 5. The first-order chi connectivity index (χ1) is 15.6. The number of fused-ring (bicyclic) bond motifs is 2. The van der Waals surface area contributed by atoms with Crippen LogP contribution >= 0.6 is 0 Å². The molecule has 4 aromatic rings. The summed E-state index contributed by atoms with van der Waals surface area (Å²) in [5.74, 6) is -1.29. The largest absolute Gasteiger partial charge is 0.467 e. The number of carbonyl (C=O) groups is 1. The van der Waals surface area contributed by atoms with E-state index in [0.717, 1.165) is 41.1 Å². The van der Waals surface area contributed by atoms with Gasteiger partial charge in [-0.15, -0.1) is 0 Å². The van der Waals surface area contributed by atoms with Gasteiger partial charge in [0, 0.05) is 17.3 Å². The number of rotatable bonds is 5. The van der Waals surface area contributed by atoms with Crippen molar-refractivity contribution >= 4 is 16.8 Å². The number of para-hydroxylation sites is 1. The molecule has 1 amide bonds. The maximum absolute atomic E-state index is 13.7. The van der Waals surface area contributed by atoms with E-state index in [0.29, 0.717) is 18.0 Å². The highest BCUT2D eigenvalue weighted by Gasteiger charge is 2.26. The summed E-state index contributed by atoms with van der Waals surface area (Å²) in [6.07, 6.45) is 5.27. The summed E-state index contributed by atoms with van der Waals surface area (Å²) in [6.45, 7) is -0.198. The minimum absolute atomic E-state index is 0.198. The lowest BCUT2D eigenvalue weighted by Gasteiger charge is -2.24. The van der Waals surface area contributed by atoms with Crippen molar-refractivity contribution in [3.8, 4) is 11.6 Å². The van der Waals surface area contributed by atoms with Gasteiger partial charge < -0.3 is 10.1 Å². The molecule has 2 aromatic carbocycles. The third-order valence-corrected chi connectivity index (χ3v) is 5.46. The standard InChI is InChI=1S/C23H19F2N5O2/c24-14-8-15(25)10-16(9-14)30-21-7-3-6-20(18(21)11-28-30)29-22(31)12-32-23-17-4-1-2-5-19(17)26-13-27-23/h1-2,4-5,8-11,13,20H,3,6-7,12H2,(H,29,31). The Morgan fingerprint density at radius 1 is 1.16 bits per heavy atom. The summed E-state index contributed by atoms with van der Waals surface area (Å²) >= 11 is 0. The Bertz CT molecular complexity index is 1280. The van der Waals surface area contributed by atoms with Crippen molar-refractivity contribution < 1.29 is 18.3 Å². The van der Waals surface area contributed by atoms with Crippen LogP contribution in [0, 0.1) is 11.6 Å². The molecule has 162 valence electrons. The molecule has 32 heavy (non-hydrogen) atoms. The van der Waals surface area contributed by atoms with E-state index < -0.39 is 11.6 Å². The maximum Gasteiger partial charge on any atom is 0.258 e. The van der Waals surface area contributed by atoms with E-state index in [1.165, 1.54) is 23.1 Å². The molecule has 1 aliphatic rings. The minimum Gasteiger partial charge on any atom is -0.467 e. The molecule has 0 fully saturated rings.